The minimum atomic E-state index is -0.582. The Morgan fingerprint density at radius 1 is 1.19 bits per heavy atom. The van der Waals surface area contributed by atoms with Crippen molar-refractivity contribution in [2.75, 3.05) is 6.79 Å². The highest BCUT2D eigenvalue weighted by Crippen LogP contribution is 2.32. The molecule has 0 spiro atoms. The quantitative estimate of drug-likeness (QED) is 0.909. The van der Waals surface area contributed by atoms with Crippen LogP contribution in [0.2, 0.25) is 0 Å². The monoisotopic (exact) mass is 289 g/mol. The van der Waals surface area contributed by atoms with Crippen molar-refractivity contribution in [1.29, 1.82) is 0 Å². The Morgan fingerprint density at radius 3 is 2.86 bits per heavy atom. The molecule has 21 heavy (non-hydrogen) atoms. The molecule has 1 aliphatic heterocycles. The van der Waals surface area contributed by atoms with E-state index in [1.54, 1.807) is 18.2 Å². The van der Waals surface area contributed by atoms with Crippen LogP contribution in [0.5, 0.6) is 17.2 Å². The number of halogens is 1. The number of nitrogens with one attached hydrogen (secondary N) is 1. The second-order valence-corrected chi connectivity index (χ2v) is 4.53. The summed E-state index contributed by atoms with van der Waals surface area (Å²) in [6.45, 7) is 0.410. The van der Waals surface area contributed by atoms with Crippen LogP contribution >= 0.6 is 0 Å². The summed E-state index contributed by atoms with van der Waals surface area (Å²) in [5, 5.41) is 12.2. The lowest BCUT2D eigenvalue weighted by Crippen LogP contribution is -2.23. The van der Waals surface area contributed by atoms with E-state index in [0.717, 1.165) is 23.8 Å². The molecule has 5 nitrogen and oxygen atoms in total. The van der Waals surface area contributed by atoms with Gasteiger partial charge in [-0.05, 0) is 35.9 Å². The van der Waals surface area contributed by atoms with Crippen LogP contribution in [-0.4, -0.2) is 17.8 Å². The maximum absolute atomic E-state index is 13.1. The van der Waals surface area contributed by atoms with Crippen LogP contribution in [0.4, 0.5) is 4.39 Å². The van der Waals surface area contributed by atoms with Gasteiger partial charge in [0, 0.05) is 6.54 Å². The van der Waals surface area contributed by atoms with Crippen molar-refractivity contribution in [1.82, 2.24) is 5.32 Å². The third kappa shape index (κ3) is 2.74. The van der Waals surface area contributed by atoms with Gasteiger partial charge in [0.05, 0.1) is 5.56 Å². The van der Waals surface area contributed by atoms with Crippen molar-refractivity contribution in [3.63, 3.8) is 0 Å². The van der Waals surface area contributed by atoms with E-state index in [2.05, 4.69) is 5.32 Å². The molecule has 6 heteroatoms. The lowest BCUT2D eigenvalue weighted by atomic mass is 10.1. The van der Waals surface area contributed by atoms with E-state index in [1.807, 2.05) is 0 Å². The van der Waals surface area contributed by atoms with Gasteiger partial charge < -0.3 is 19.9 Å². The number of carbonyl (C=O) groups excluding carboxylic acids is 1. The molecule has 1 aliphatic rings. The number of benzene rings is 2. The Balaban J connectivity index is 1.70. The number of aromatic hydroxyl groups is 1. The van der Waals surface area contributed by atoms with Crippen LogP contribution in [0.15, 0.2) is 36.4 Å². The molecule has 1 heterocycles. The van der Waals surface area contributed by atoms with Gasteiger partial charge in [-0.3, -0.25) is 4.79 Å². The lowest BCUT2D eigenvalue weighted by Gasteiger charge is -2.07. The van der Waals surface area contributed by atoms with Crippen molar-refractivity contribution in [2.45, 2.75) is 6.54 Å². The number of rotatable bonds is 3. The molecule has 0 bridgehead atoms. The summed E-state index contributed by atoms with van der Waals surface area (Å²) in [6, 6.07) is 8.52. The van der Waals surface area contributed by atoms with Crippen LogP contribution < -0.4 is 14.8 Å². The van der Waals surface area contributed by atoms with Crippen LogP contribution in [0.1, 0.15) is 15.9 Å². The average Bonchev–Trinajstić information content (AvgIpc) is 2.94. The number of hydrogen-bond donors (Lipinski definition) is 2. The fraction of sp³-hybridized carbons (Fsp3) is 0.133. The van der Waals surface area contributed by atoms with Gasteiger partial charge in [0.25, 0.3) is 5.91 Å². The standard InChI is InChI=1S/C15H12FNO4/c16-10-2-3-12(18)11(6-10)15(19)17-7-9-1-4-13-14(5-9)21-8-20-13/h1-6,18H,7-8H2,(H,17,19). The number of ether oxygens (including phenoxy) is 2. The van der Waals surface area contributed by atoms with Gasteiger partial charge in [0.15, 0.2) is 11.5 Å². The number of phenols is 1. The Morgan fingerprint density at radius 2 is 2.00 bits per heavy atom. The second kappa shape index (κ2) is 5.32. The summed E-state index contributed by atoms with van der Waals surface area (Å²) in [5.41, 5.74) is 0.708. The normalized spacial score (nSPS) is 12.2. The van der Waals surface area contributed by atoms with Crippen LogP contribution in [-0.2, 0) is 6.54 Å². The van der Waals surface area contributed by atoms with Crippen LogP contribution in [0, 0.1) is 5.82 Å². The predicted octanol–water partition coefficient (Wildman–Crippen LogP) is 2.19. The molecular weight excluding hydrogens is 277 g/mol. The van der Waals surface area contributed by atoms with E-state index in [4.69, 9.17) is 9.47 Å². The first-order chi connectivity index (χ1) is 10.1. The number of phenolic OH excluding ortho intramolecular Hbond substituents is 1. The number of hydrogen-bond acceptors (Lipinski definition) is 4. The van der Waals surface area contributed by atoms with Crippen molar-refractivity contribution in [3.8, 4) is 17.2 Å². The number of fused-ring (bicyclic) bond motifs is 1. The molecule has 0 saturated heterocycles. The van der Waals surface area contributed by atoms with Gasteiger partial charge in [-0.15, -0.1) is 0 Å². The van der Waals surface area contributed by atoms with Gasteiger partial charge in [-0.25, -0.2) is 4.39 Å². The topological polar surface area (TPSA) is 67.8 Å². The minimum Gasteiger partial charge on any atom is -0.507 e. The van der Waals surface area contributed by atoms with E-state index in [9.17, 15) is 14.3 Å². The van der Waals surface area contributed by atoms with Crippen LogP contribution in [0.3, 0.4) is 0 Å². The van der Waals surface area contributed by atoms with Gasteiger partial charge in [-0.1, -0.05) is 6.07 Å². The van der Waals surface area contributed by atoms with Gasteiger partial charge in [0.1, 0.15) is 11.6 Å². The summed E-state index contributed by atoms with van der Waals surface area (Å²) in [7, 11) is 0. The summed E-state index contributed by atoms with van der Waals surface area (Å²) >= 11 is 0. The molecule has 0 unspecified atom stereocenters. The summed E-state index contributed by atoms with van der Waals surface area (Å²) in [5.74, 6) is -0.117. The van der Waals surface area contributed by atoms with Crippen molar-refractivity contribution in [3.05, 3.63) is 53.3 Å². The highest BCUT2D eigenvalue weighted by atomic mass is 19.1. The maximum atomic E-state index is 13.1. The van der Waals surface area contributed by atoms with Gasteiger partial charge >= 0.3 is 0 Å². The predicted molar refractivity (Wildman–Crippen MR) is 71.8 cm³/mol. The third-order valence-electron chi connectivity index (χ3n) is 3.09. The highest BCUT2D eigenvalue weighted by Gasteiger charge is 2.15. The lowest BCUT2D eigenvalue weighted by molar-refractivity contribution is 0.0947. The Labute approximate surface area is 119 Å². The first-order valence-corrected chi connectivity index (χ1v) is 6.29. The second-order valence-electron chi connectivity index (χ2n) is 4.53. The third-order valence-corrected chi connectivity index (χ3v) is 3.09. The fourth-order valence-corrected chi connectivity index (χ4v) is 2.02. The van der Waals surface area contributed by atoms with Crippen molar-refractivity contribution >= 4 is 5.91 Å². The summed E-state index contributed by atoms with van der Waals surface area (Å²) in [6.07, 6.45) is 0. The molecule has 0 fully saturated rings. The molecule has 108 valence electrons. The molecule has 2 aromatic carbocycles. The molecule has 0 atom stereocenters. The van der Waals surface area contributed by atoms with E-state index < -0.39 is 11.7 Å². The van der Waals surface area contributed by atoms with Gasteiger partial charge in [-0.2, -0.15) is 0 Å². The molecule has 1 amide bonds. The molecule has 0 saturated carbocycles. The molecule has 3 rings (SSSR count). The van der Waals surface area contributed by atoms with Crippen molar-refractivity contribution < 1.29 is 23.8 Å². The minimum absolute atomic E-state index is 0.101. The van der Waals surface area contributed by atoms with Gasteiger partial charge in [0.2, 0.25) is 6.79 Å². The molecule has 0 radical (unpaired) electrons. The van der Waals surface area contributed by atoms with Crippen molar-refractivity contribution in [2.24, 2.45) is 0 Å². The van der Waals surface area contributed by atoms with E-state index in [-0.39, 0.29) is 24.7 Å². The zero-order chi connectivity index (χ0) is 14.8. The number of carbonyl (C=O) groups is 1. The van der Waals surface area contributed by atoms with E-state index >= 15 is 0 Å². The number of amides is 1. The zero-order valence-corrected chi connectivity index (χ0v) is 10.9. The maximum Gasteiger partial charge on any atom is 0.255 e. The Hall–Kier alpha value is -2.76. The molecule has 2 aromatic rings. The largest absolute Gasteiger partial charge is 0.507 e. The molecule has 0 aliphatic carbocycles. The average molecular weight is 289 g/mol. The zero-order valence-electron chi connectivity index (χ0n) is 10.9. The summed E-state index contributed by atoms with van der Waals surface area (Å²) in [4.78, 5) is 11.9. The molecule has 2 N–H and O–H groups in total. The fourth-order valence-electron chi connectivity index (χ4n) is 2.02. The highest BCUT2D eigenvalue weighted by molar-refractivity contribution is 5.96. The first kappa shape index (κ1) is 13.2. The van der Waals surface area contributed by atoms with E-state index in [1.165, 1.54) is 0 Å². The molecule has 0 aromatic heterocycles. The first-order valence-electron chi connectivity index (χ1n) is 6.29. The Kier molecular flexibility index (Phi) is 3.35. The smallest absolute Gasteiger partial charge is 0.255 e. The summed E-state index contributed by atoms with van der Waals surface area (Å²) < 4.78 is 23.5. The molecular formula is C15H12FNO4. The van der Waals surface area contributed by atoms with E-state index in [0.29, 0.717) is 11.5 Å². The van der Waals surface area contributed by atoms with Crippen LogP contribution in [0.25, 0.3) is 0 Å². The SMILES string of the molecule is O=C(NCc1ccc2c(c1)OCO2)c1cc(F)ccc1O. The Bertz CT molecular complexity index is 702.